The Balaban J connectivity index is 2.07. The van der Waals surface area contributed by atoms with Gasteiger partial charge in [-0.1, -0.05) is 6.07 Å². The number of benzene rings is 2. The zero-order valence-corrected chi connectivity index (χ0v) is 13.2. The molecule has 0 bridgehead atoms. The largest absolute Gasteiger partial charge is 0.506 e. The van der Waals surface area contributed by atoms with Crippen molar-refractivity contribution in [1.29, 1.82) is 0 Å². The smallest absolute Gasteiger partial charge is 0.338 e. The van der Waals surface area contributed by atoms with Crippen LogP contribution < -0.4 is 10.6 Å². The van der Waals surface area contributed by atoms with Crippen molar-refractivity contribution in [3.05, 3.63) is 58.1 Å². The Kier molecular flexibility index (Phi) is 5.51. The minimum atomic E-state index is -0.690. The van der Waals surface area contributed by atoms with Gasteiger partial charge in [-0.25, -0.2) is 9.59 Å². The number of hydrogen-bond acceptors (Lipinski definition) is 6. The van der Waals surface area contributed by atoms with Gasteiger partial charge in [0, 0.05) is 11.8 Å². The Morgan fingerprint density at radius 3 is 2.60 bits per heavy atom. The van der Waals surface area contributed by atoms with Crippen molar-refractivity contribution in [2.75, 3.05) is 17.2 Å². The highest BCUT2D eigenvalue weighted by atomic mass is 16.6. The molecule has 0 aliphatic heterocycles. The first-order valence-electron chi connectivity index (χ1n) is 7.23. The lowest BCUT2D eigenvalue weighted by Gasteiger charge is -2.10. The van der Waals surface area contributed by atoms with Gasteiger partial charge in [0.1, 0.15) is 5.75 Å². The highest BCUT2D eigenvalue weighted by molar-refractivity contribution is 6.01. The Morgan fingerprint density at radius 2 is 1.96 bits per heavy atom. The van der Waals surface area contributed by atoms with E-state index in [4.69, 9.17) is 4.74 Å². The number of hydrogen-bond donors (Lipinski definition) is 3. The molecule has 0 fully saturated rings. The molecule has 3 N–H and O–H groups in total. The number of phenols is 1. The summed E-state index contributed by atoms with van der Waals surface area (Å²) in [4.78, 5) is 33.6. The number of anilines is 2. The predicted octanol–water partition coefficient (Wildman–Crippen LogP) is 3.12. The summed E-state index contributed by atoms with van der Waals surface area (Å²) in [6.07, 6.45) is 0. The first kappa shape index (κ1) is 17.7. The van der Waals surface area contributed by atoms with E-state index in [1.807, 2.05) is 0 Å². The van der Waals surface area contributed by atoms with Crippen LogP contribution in [-0.2, 0) is 4.74 Å². The number of amides is 2. The van der Waals surface area contributed by atoms with Crippen LogP contribution >= 0.6 is 0 Å². The molecular formula is C16H15N3O6. The van der Waals surface area contributed by atoms with Crippen molar-refractivity contribution >= 4 is 29.1 Å². The molecule has 0 saturated carbocycles. The van der Waals surface area contributed by atoms with Crippen molar-refractivity contribution in [2.24, 2.45) is 0 Å². The molecule has 25 heavy (non-hydrogen) atoms. The summed E-state index contributed by atoms with van der Waals surface area (Å²) in [5.41, 5.74) is 0.317. The van der Waals surface area contributed by atoms with Crippen LogP contribution in [0.1, 0.15) is 17.3 Å². The molecular weight excluding hydrogens is 330 g/mol. The Labute approximate surface area is 142 Å². The third kappa shape index (κ3) is 4.67. The number of aromatic hydroxyl groups is 1. The molecule has 0 aromatic heterocycles. The van der Waals surface area contributed by atoms with Crippen molar-refractivity contribution < 1.29 is 24.4 Å². The molecule has 130 valence electrons. The van der Waals surface area contributed by atoms with Crippen molar-refractivity contribution in [2.45, 2.75) is 6.92 Å². The summed E-state index contributed by atoms with van der Waals surface area (Å²) in [6, 6.07) is 8.72. The van der Waals surface area contributed by atoms with E-state index >= 15 is 0 Å². The number of urea groups is 1. The van der Waals surface area contributed by atoms with Gasteiger partial charge >= 0.3 is 12.0 Å². The lowest BCUT2D eigenvalue weighted by Crippen LogP contribution is -2.19. The number of carbonyl (C=O) groups excluding carboxylic acids is 2. The topological polar surface area (TPSA) is 131 Å². The quantitative estimate of drug-likeness (QED) is 0.330. The minimum absolute atomic E-state index is 0.00430. The Hall–Kier alpha value is -3.62. The van der Waals surface area contributed by atoms with E-state index in [1.54, 1.807) is 25.1 Å². The minimum Gasteiger partial charge on any atom is -0.506 e. The van der Waals surface area contributed by atoms with Crippen LogP contribution in [0.2, 0.25) is 0 Å². The number of non-ortho nitro benzene ring substituents is 1. The van der Waals surface area contributed by atoms with Crippen molar-refractivity contribution in [3.8, 4) is 5.75 Å². The van der Waals surface area contributed by atoms with Gasteiger partial charge in [-0.05, 0) is 31.2 Å². The second kappa shape index (κ2) is 7.77. The average molecular weight is 345 g/mol. The summed E-state index contributed by atoms with van der Waals surface area (Å²) in [6.45, 7) is 1.92. The van der Waals surface area contributed by atoms with Crippen LogP contribution in [0.25, 0.3) is 0 Å². The maximum Gasteiger partial charge on any atom is 0.338 e. The molecule has 2 aromatic rings. The number of esters is 1. The maximum atomic E-state index is 12.0. The Bertz CT molecular complexity index is 821. The summed E-state index contributed by atoms with van der Waals surface area (Å²) < 4.78 is 4.87. The van der Waals surface area contributed by atoms with E-state index in [9.17, 15) is 24.8 Å². The van der Waals surface area contributed by atoms with Gasteiger partial charge < -0.3 is 20.5 Å². The van der Waals surface area contributed by atoms with Crippen LogP contribution in [0.3, 0.4) is 0 Å². The molecule has 9 heteroatoms. The standard InChI is InChI=1S/C16H15N3O6/c1-2-25-15(21)10-4-3-5-11(8-10)17-16(22)18-13-7-6-12(19(23)24)9-14(13)20/h3-9,20H,2H2,1H3,(H2,17,18,22). The predicted molar refractivity (Wildman–Crippen MR) is 89.8 cm³/mol. The third-order valence-corrected chi connectivity index (χ3v) is 3.07. The summed E-state index contributed by atoms with van der Waals surface area (Å²) in [5, 5.41) is 25.2. The number of nitro groups is 1. The van der Waals surface area contributed by atoms with Crippen molar-refractivity contribution in [1.82, 2.24) is 0 Å². The number of carbonyl (C=O) groups is 2. The van der Waals surface area contributed by atoms with E-state index in [1.165, 1.54) is 12.1 Å². The van der Waals surface area contributed by atoms with Gasteiger partial charge in [0.25, 0.3) is 5.69 Å². The van der Waals surface area contributed by atoms with Gasteiger partial charge in [-0.15, -0.1) is 0 Å². The number of nitrogens with one attached hydrogen (secondary N) is 2. The molecule has 0 spiro atoms. The summed E-state index contributed by atoms with van der Waals surface area (Å²) in [7, 11) is 0. The zero-order chi connectivity index (χ0) is 18.4. The lowest BCUT2D eigenvalue weighted by molar-refractivity contribution is -0.384. The van der Waals surface area contributed by atoms with E-state index in [0.717, 1.165) is 12.1 Å². The number of phenolic OH excluding ortho intramolecular Hbond substituents is 1. The van der Waals surface area contributed by atoms with E-state index in [0.29, 0.717) is 5.69 Å². The molecule has 0 saturated heterocycles. The molecule has 2 amide bonds. The van der Waals surface area contributed by atoms with Gasteiger partial charge in [-0.3, -0.25) is 10.1 Å². The fourth-order valence-corrected chi connectivity index (χ4v) is 1.96. The first-order chi connectivity index (χ1) is 11.9. The SMILES string of the molecule is CCOC(=O)c1cccc(NC(=O)Nc2ccc([N+](=O)[O-])cc2O)c1. The van der Waals surface area contributed by atoms with Crippen LogP contribution in [0.15, 0.2) is 42.5 Å². The highest BCUT2D eigenvalue weighted by Gasteiger charge is 2.13. The average Bonchev–Trinajstić information content (AvgIpc) is 2.57. The van der Waals surface area contributed by atoms with Gasteiger partial charge in [0.15, 0.2) is 0 Å². The van der Waals surface area contributed by atoms with Crippen LogP contribution in [-0.4, -0.2) is 28.6 Å². The van der Waals surface area contributed by atoms with Gasteiger partial charge in [-0.2, -0.15) is 0 Å². The molecule has 0 radical (unpaired) electrons. The maximum absolute atomic E-state index is 12.0. The van der Waals surface area contributed by atoms with Crippen molar-refractivity contribution in [3.63, 3.8) is 0 Å². The number of nitrogens with zero attached hydrogens (tertiary/aromatic N) is 1. The van der Waals surface area contributed by atoms with E-state index in [2.05, 4.69) is 10.6 Å². The van der Waals surface area contributed by atoms with E-state index in [-0.39, 0.29) is 23.5 Å². The number of nitro benzene ring substituents is 1. The second-order valence-corrected chi connectivity index (χ2v) is 4.84. The molecule has 0 aliphatic carbocycles. The fourth-order valence-electron chi connectivity index (χ4n) is 1.96. The fraction of sp³-hybridized carbons (Fsp3) is 0.125. The Morgan fingerprint density at radius 1 is 1.20 bits per heavy atom. The summed E-state index contributed by atoms with van der Waals surface area (Å²) >= 11 is 0. The van der Waals surface area contributed by atoms with Crippen LogP contribution in [0, 0.1) is 10.1 Å². The second-order valence-electron chi connectivity index (χ2n) is 4.84. The third-order valence-electron chi connectivity index (χ3n) is 3.07. The molecule has 0 heterocycles. The van der Waals surface area contributed by atoms with Gasteiger partial charge in [0.2, 0.25) is 0 Å². The first-order valence-corrected chi connectivity index (χ1v) is 7.23. The normalized spacial score (nSPS) is 9.96. The molecule has 0 atom stereocenters. The molecule has 2 rings (SSSR count). The number of rotatable bonds is 5. The molecule has 0 aliphatic rings. The van der Waals surface area contributed by atoms with E-state index < -0.39 is 22.7 Å². The lowest BCUT2D eigenvalue weighted by atomic mass is 10.2. The molecule has 0 unspecified atom stereocenters. The van der Waals surface area contributed by atoms with Gasteiger partial charge in [0.05, 0.1) is 28.8 Å². The molecule has 2 aromatic carbocycles. The molecule has 9 nitrogen and oxygen atoms in total. The monoisotopic (exact) mass is 345 g/mol. The summed E-state index contributed by atoms with van der Waals surface area (Å²) in [5.74, 6) is -0.954. The zero-order valence-electron chi connectivity index (χ0n) is 13.2. The number of ether oxygens (including phenoxy) is 1. The van der Waals surface area contributed by atoms with Crippen LogP contribution in [0.5, 0.6) is 5.75 Å². The van der Waals surface area contributed by atoms with Crippen LogP contribution in [0.4, 0.5) is 21.9 Å². The highest BCUT2D eigenvalue weighted by Crippen LogP contribution is 2.28.